The third kappa shape index (κ3) is 4.56. The number of piperazine rings is 1. The van der Waals surface area contributed by atoms with Gasteiger partial charge in [-0.1, -0.05) is 91.0 Å². The second kappa shape index (κ2) is 10.2. The van der Waals surface area contributed by atoms with Crippen molar-refractivity contribution in [2.45, 2.75) is 43.4 Å². The quantitative estimate of drug-likeness (QED) is 0.557. The van der Waals surface area contributed by atoms with E-state index in [1.54, 1.807) is 4.90 Å². The largest absolute Gasteiger partial charge is 0.480 e. The fraction of sp³-hybridized carbons (Fsp3) is 0.276. The molecule has 2 saturated heterocycles. The highest BCUT2D eigenvalue weighted by atomic mass is 16.4. The van der Waals surface area contributed by atoms with E-state index in [0.29, 0.717) is 19.4 Å². The fourth-order valence-corrected chi connectivity index (χ4v) is 5.59. The maximum atomic E-state index is 14.1. The van der Waals surface area contributed by atoms with Crippen LogP contribution in [0.25, 0.3) is 0 Å². The molecule has 0 saturated carbocycles. The molecular formula is C29H29N3O4. The molecule has 0 aliphatic carbocycles. The zero-order chi connectivity index (χ0) is 25.1. The first-order chi connectivity index (χ1) is 17.5. The molecule has 3 aromatic carbocycles. The van der Waals surface area contributed by atoms with Gasteiger partial charge in [-0.2, -0.15) is 0 Å². The van der Waals surface area contributed by atoms with Gasteiger partial charge in [-0.05, 0) is 29.5 Å². The van der Waals surface area contributed by atoms with Gasteiger partial charge >= 0.3 is 12.0 Å². The number of carboxylic acids is 1. The van der Waals surface area contributed by atoms with Crippen molar-refractivity contribution in [2.24, 2.45) is 0 Å². The minimum absolute atomic E-state index is 0.196. The Hall–Kier alpha value is -4.13. The predicted molar refractivity (Wildman–Crippen MR) is 135 cm³/mol. The van der Waals surface area contributed by atoms with Crippen LogP contribution in [0.4, 0.5) is 4.79 Å². The highest BCUT2D eigenvalue weighted by molar-refractivity contribution is 5.92. The summed E-state index contributed by atoms with van der Waals surface area (Å²) in [5.41, 5.74) is 2.59. The Kier molecular flexibility index (Phi) is 6.71. The van der Waals surface area contributed by atoms with Crippen LogP contribution in [-0.2, 0) is 16.1 Å². The molecule has 7 nitrogen and oxygen atoms in total. The molecule has 0 spiro atoms. The van der Waals surface area contributed by atoms with E-state index in [0.717, 1.165) is 16.7 Å². The number of aliphatic carboxylic acids is 1. The Morgan fingerprint density at radius 2 is 1.39 bits per heavy atom. The zero-order valence-electron chi connectivity index (χ0n) is 19.9. The fourth-order valence-electron chi connectivity index (χ4n) is 5.59. The molecule has 2 N–H and O–H groups in total. The van der Waals surface area contributed by atoms with Gasteiger partial charge in [0.25, 0.3) is 0 Å². The highest BCUT2D eigenvalue weighted by Gasteiger charge is 2.53. The summed E-state index contributed by atoms with van der Waals surface area (Å²) in [5.74, 6) is -1.96. The van der Waals surface area contributed by atoms with Crippen LogP contribution in [0.5, 0.6) is 0 Å². The van der Waals surface area contributed by atoms with E-state index in [4.69, 9.17) is 0 Å². The molecule has 3 aromatic rings. The second-order valence-corrected chi connectivity index (χ2v) is 9.38. The number of urea groups is 1. The average Bonchev–Trinajstić information content (AvgIpc) is 3.21. The molecule has 0 radical (unpaired) electrons. The lowest BCUT2D eigenvalue weighted by Gasteiger charge is -2.46. The van der Waals surface area contributed by atoms with Gasteiger partial charge in [-0.25, -0.2) is 9.59 Å². The van der Waals surface area contributed by atoms with Gasteiger partial charge in [0.15, 0.2) is 0 Å². The molecule has 0 unspecified atom stereocenters. The molecule has 2 fully saturated rings. The second-order valence-electron chi connectivity index (χ2n) is 9.38. The van der Waals surface area contributed by atoms with Crippen LogP contribution in [0.1, 0.15) is 35.4 Å². The minimum atomic E-state index is -1.10. The van der Waals surface area contributed by atoms with Crippen LogP contribution in [0, 0.1) is 0 Å². The number of rotatable bonds is 6. The highest BCUT2D eigenvalue weighted by Crippen LogP contribution is 2.37. The SMILES string of the molecule is O=C(O)[C@@H]1[C@H]2CC[C@@H](CN1C(=O)C(c1ccccc1)c1ccccc1)N2C(=O)NCc1ccccc1. The number of amides is 3. The number of hydrogen-bond donors (Lipinski definition) is 2. The number of likely N-dealkylation sites (tertiary alicyclic amines) is 1. The van der Waals surface area contributed by atoms with Crippen molar-refractivity contribution in [3.8, 4) is 0 Å². The Morgan fingerprint density at radius 3 is 1.94 bits per heavy atom. The van der Waals surface area contributed by atoms with Crippen molar-refractivity contribution in [3.63, 3.8) is 0 Å². The van der Waals surface area contributed by atoms with Gasteiger partial charge in [-0.3, -0.25) is 4.79 Å². The Bertz CT molecular complexity index is 1180. The summed E-state index contributed by atoms with van der Waals surface area (Å²) >= 11 is 0. The summed E-state index contributed by atoms with van der Waals surface area (Å²) in [6, 6.07) is 26.3. The van der Waals surface area contributed by atoms with E-state index in [-0.39, 0.29) is 24.5 Å². The topological polar surface area (TPSA) is 90.0 Å². The minimum Gasteiger partial charge on any atom is -0.480 e. The number of carboxylic acid groups (broad SMARTS) is 1. The predicted octanol–water partition coefficient (Wildman–Crippen LogP) is 3.86. The van der Waals surface area contributed by atoms with E-state index in [1.165, 1.54) is 4.90 Å². The van der Waals surface area contributed by atoms with Crippen LogP contribution in [-0.4, -0.2) is 57.5 Å². The molecule has 3 atom stereocenters. The van der Waals surface area contributed by atoms with E-state index in [2.05, 4.69) is 5.32 Å². The number of benzene rings is 3. The van der Waals surface area contributed by atoms with Gasteiger partial charge in [0.2, 0.25) is 5.91 Å². The molecule has 2 aliphatic rings. The lowest BCUT2D eigenvalue weighted by Crippen LogP contribution is -2.66. The molecule has 0 aromatic heterocycles. The number of nitrogens with zero attached hydrogens (tertiary/aromatic N) is 2. The first kappa shape index (κ1) is 23.6. The Balaban J connectivity index is 1.41. The number of fused-ring (bicyclic) bond motifs is 2. The van der Waals surface area contributed by atoms with Gasteiger partial charge in [0, 0.05) is 13.1 Å². The number of hydrogen-bond acceptors (Lipinski definition) is 3. The van der Waals surface area contributed by atoms with Crippen LogP contribution >= 0.6 is 0 Å². The average molecular weight is 484 g/mol. The molecule has 7 heteroatoms. The monoisotopic (exact) mass is 483 g/mol. The summed E-state index contributed by atoms with van der Waals surface area (Å²) in [6.07, 6.45) is 1.21. The standard InChI is InChI=1S/C29H29N3O4/c33-27(25(21-12-6-2-7-13-21)22-14-8-3-9-15-22)31-19-23-16-17-24(26(31)28(34)35)32(23)29(36)30-18-20-10-4-1-5-11-20/h1-15,23-26H,16-19H2,(H,30,36)(H,34,35)/t23-,24+,26-/m0/s1. The van der Waals surface area contributed by atoms with Crippen molar-refractivity contribution in [3.05, 3.63) is 108 Å². The summed E-state index contributed by atoms with van der Waals surface area (Å²) in [4.78, 5) is 42.9. The molecule has 2 aliphatic heterocycles. The molecule has 5 rings (SSSR count). The Morgan fingerprint density at radius 1 is 0.833 bits per heavy atom. The van der Waals surface area contributed by atoms with Crippen LogP contribution in [0.15, 0.2) is 91.0 Å². The van der Waals surface area contributed by atoms with Crippen LogP contribution < -0.4 is 5.32 Å². The number of carbonyl (C=O) groups is 3. The van der Waals surface area contributed by atoms with Crippen molar-refractivity contribution in [1.82, 2.24) is 15.1 Å². The molecule has 36 heavy (non-hydrogen) atoms. The van der Waals surface area contributed by atoms with E-state index in [9.17, 15) is 19.5 Å². The smallest absolute Gasteiger partial charge is 0.328 e. The van der Waals surface area contributed by atoms with Crippen LogP contribution in [0.2, 0.25) is 0 Å². The number of nitrogens with one attached hydrogen (secondary N) is 1. The number of carbonyl (C=O) groups excluding carboxylic acids is 2. The normalized spacial score (nSPS) is 20.9. The van der Waals surface area contributed by atoms with Gasteiger partial charge < -0.3 is 20.2 Å². The summed E-state index contributed by atoms with van der Waals surface area (Å²) in [7, 11) is 0. The zero-order valence-corrected chi connectivity index (χ0v) is 19.9. The van der Waals surface area contributed by atoms with Crippen molar-refractivity contribution in [1.29, 1.82) is 0 Å². The van der Waals surface area contributed by atoms with E-state index >= 15 is 0 Å². The molecule has 184 valence electrons. The summed E-state index contributed by atoms with van der Waals surface area (Å²) in [5, 5.41) is 13.2. The lowest BCUT2D eigenvalue weighted by molar-refractivity contribution is -0.156. The third-order valence-corrected chi connectivity index (χ3v) is 7.22. The van der Waals surface area contributed by atoms with E-state index in [1.807, 2.05) is 91.0 Å². The first-order valence-electron chi connectivity index (χ1n) is 12.3. The maximum absolute atomic E-state index is 14.1. The third-order valence-electron chi connectivity index (χ3n) is 7.22. The van der Waals surface area contributed by atoms with E-state index < -0.39 is 24.0 Å². The molecular weight excluding hydrogens is 454 g/mol. The van der Waals surface area contributed by atoms with Gasteiger partial charge in [0.1, 0.15) is 6.04 Å². The maximum Gasteiger partial charge on any atom is 0.328 e. The Labute approximate surface area is 210 Å². The first-order valence-corrected chi connectivity index (χ1v) is 12.3. The van der Waals surface area contributed by atoms with Gasteiger partial charge in [-0.15, -0.1) is 0 Å². The van der Waals surface area contributed by atoms with Gasteiger partial charge in [0.05, 0.1) is 18.0 Å². The molecule has 2 bridgehead atoms. The van der Waals surface area contributed by atoms with Crippen molar-refractivity contribution in [2.75, 3.05) is 6.54 Å². The van der Waals surface area contributed by atoms with Crippen molar-refractivity contribution >= 4 is 17.9 Å². The summed E-state index contributed by atoms with van der Waals surface area (Å²) in [6.45, 7) is 0.557. The van der Waals surface area contributed by atoms with Crippen LogP contribution in [0.3, 0.4) is 0 Å². The van der Waals surface area contributed by atoms with Crippen molar-refractivity contribution < 1.29 is 19.5 Å². The lowest BCUT2D eigenvalue weighted by atomic mass is 9.88. The molecule has 2 heterocycles. The summed E-state index contributed by atoms with van der Waals surface area (Å²) < 4.78 is 0. The molecule has 3 amide bonds.